The van der Waals surface area contributed by atoms with Crippen LogP contribution in [-0.2, 0) is 14.4 Å². The number of carbonyl (C=O) groups excluding carboxylic acids is 3. The number of para-hydroxylation sites is 2. The van der Waals surface area contributed by atoms with E-state index in [1.807, 2.05) is 18.2 Å². The highest BCUT2D eigenvalue weighted by Crippen LogP contribution is 2.21. The van der Waals surface area contributed by atoms with Crippen molar-refractivity contribution in [2.24, 2.45) is 0 Å². The Morgan fingerprint density at radius 1 is 1.08 bits per heavy atom. The number of carbonyl (C=O) groups is 3. The number of anilines is 2. The summed E-state index contributed by atoms with van der Waals surface area (Å²) in [5.41, 5.74) is 1.94. The van der Waals surface area contributed by atoms with Crippen LogP contribution >= 0.6 is 0 Å². The molecule has 130 valence electrons. The highest BCUT2D eigenvalue weighted by molar-refractivity contribution is 6.02. The van der Waals surface area contributed by atoms with E-state index < -0.39 is 0 Å². The molecular formula is C18H20N4O3. The van der Waals surface area contributed by atoms with Gasteiger partial charge in [-0.25, -0.2) is 0 Å². The van der Waals surface area contributed by atoms with E-state index in [0.717, 1.165) is 18.5 Å². The molecule has 0 bridgehead atoms. The van der Waals surface area contributed by atoms with E-state index >= 15 is 0 Å². The van der Waals surface area contributed by atoms with Crippen LogP contribution in [0.15, 0.2) is 48.2 Å². The predicted molar refractivity (Wildman–Crippen MR) is 94.7 cm³/mol. The zero-order chi connectivity index (χ0) is 17.6. The summed E-state index contributed by atoms with van der Waals surface area (Å²) in [5, 5.41) is 8.35. The van der Waals surface area contributed by atoms with Crippen LogP contribution in [0.25, 0.3) is 0 Å². The van der Waals surface area contributed by atoms with Crippen molar-refractivity contribution in [3.63, 3.8) is 0 Å². The average Bonchev–Trinajstić information content (AvgIpc) is 2.62. The number of nitrogens with zero attached hydrogens (tertiary/aromatic N) is 1. The third-order valence-electron chi connectivity index (χ3n) is 3.89. The summed E-state index contributed by atoms with van der Waals surface area (Å²) in [5.74, 6) is -0.771. The van der Waals surface area contributed by atoms with E-state index in [-0.39, 0.29) is 37.4 Å². The maximum atomic E-state index is 12.2. The smallest absolute Gasteiger partial charge is 0.238 e. The normalized spacial score (nSPS) is 18.0. The molecule has 0 aromatic heterocycles. The van der Waals surface area contributed by atoms with E-state index in [9.17, 15) is 14.4 Å². The lowest BCUT2D eigenvalue weighted by molar-refractivity contribution is -0.124. The minimum Gasteiger partial charge on any atom is -0.329 e. The Kier molecular flexibility index (Phi) is 5.25. The first-order valence-electron chi connectivity index (χ1n) is 8.17. The fourth-order valence-corrected chi connectivity index (χ4v) is 2.78. The van der Waals surface area contributed by atoms with Gasteiger partial charge in [-0.05, 0) is 31.1 Å². The largest absolute Gasteiger partial charge is 0.329 e. The van der Waals surface area contributed by atoms with Gasteiger partial charge in [-0.1, -0.05) is 24.3 Å². The van der Waals surface area contributed by atoms with E-state index in [2.05, 4.69) is 16.0 Å². The lowest BCUT2D eigenvalue weighted by atomic mass is 10.1. The third kappa shape index (κ3) is 4.77. The number of hydrogen-bond donors (Lipinski definition) is 3. The summed E-state index contributed by atoms with van der Waals surface area (Å²) in [7, 11) is 0. The molecule has 1 aliphatic carbocycles. The van der Waals surface area contributed by atoms with Gasteiger partial charge >= 0.3 is 0 Å². The quantitative estimate of drug-likeness (QED) is 0.772. The van der Waals surface area contributed by atoms with Crippen molar-refractivity contribution in [2.45, 2.75) is 12.8 Å². The Hall–Kier alpha value is -2.93. The minimum absolute atomic E-state index is 0.0295. The molecular weight excluding hydrogens is 320 g/mol. The zero-order valence-corrected chi connectivity index (χ0v) is 13.7. The van der Waals surface area contributed by atoms with Crippen molar-refractivity contribution in [1.29, 1.82) is 0 Å². The van der Waals surface area contributed by atoms with Gasteiger partial charge in [0.25, 0.3) is 0 Å². The lowest BCUT2D eigenvalue weighted by Gasteiger charge is -2.20. The van der Waals surface area contributed by atoms with Crippen LogP contribution in [0.4, 0.5) is 11.4 Å². The van der Waals surface area contributed by atoms with Gasteiger partial charge in [0.15, 0.2) is 0 Å². The fraction of sp³-hybridized carbons (Fsp3) is 0.278. The van der Waals surface area contributed by atoms with Gasteiger partial charge in [-0.3, -0.25) is 19.3 Å². The topological polar surface area (TPSA) is 90.5 Å². The van der Waals surface area contributed by atoms with Crippen LogP contribution in [0, 0.1) is 0 Å². The maximum Gasteiger partial charge on any atom is 0.238 e. The Bertz CT molecular complexity index is 715. The summed E-state index contributed by atoms with van der Waals surface area (Å²) >= 11 is 0. The summed E-state index contributed by atoms with van der Waals surface area (Å²) in [6.07, 6.45) is 7.45. The molecule has 0 saturated heterocycles. The Labute approximate surface area is 145 Å². The molecule has 0 spiro atoms. The highest BCUT2D eigenvalue weighted by atomic mass is 16.2. The van der Waals surface area contributed by atoms with Gasteiger partial charge in [0, 0.05) is 5.70 Å². The van der Waals surface area contributed by atoms with Crippen LogP contribution in [-0.4, -0.2) is 42.3 Å². The Balaban J connectivity index is 1.65. The number of amides is 3. The van der Waals surface area contributed by atoms with Crippen molar-refractivity contribution in [1.82, 2.24) is 10.2 Å². The number of fused-ring (bicyclic) bond motifs is 1. The SMILES string of the molecule is O=C(CN1CC(=O)Nc2ccccc2NC(=O)C1)NC1=CC=CCC1. The van der Waals surface area contributed by atoms with Crippen LogP contribution < -0.4 is 16.0 Å². The molecule has 0 fully saturated rings. The molecule has 1 aromatic rings. The molecule has 3 rings (SSSR count). The summed E-state index contributed by atoms with van der Waals surface area (Å²) in [4.78, 5) is 38.1. The maximum absolute atomic E-state index is 12.2. The van der Waals surface area contributed by atoms with Crippen LogP contribution in [0.2, 0.25) is 0 Å². The van der Waals surface area contributed by atoms with Crippen LogP contribution in [0.3, 0.4) is 0 Å². The molecule has 3 N–H and O–H groups in total. The van der Waals surface area contributed by atoms with Crippen molar-refractivity contribution in [2.75, 3.05) is 30.3 Å². The average molecular weight is 340 g/mol. The molecule has 0 atom stereocenters. The summed E-state index contributed by atoms with van der Waals surface area (Å²) in [6, 6.07) is 7.00. The molecule has 2 aliphatic rings. The van der Waals surface area contributed by atoms with Crippen molar-refractivity contribution < 1.29 is 14.4 Å². The van der Waals surface area contributed by atoms with Gasteiger partial charge in [0.2, 0.25) is 17.7 Å². The lowest BCUT2D eigenvalue weighted by Crippen LogP contribution is -2.43. The first-order chi connectivity index (χ1) is 12.1. The molecule has 7 heteroatoms. The van der Waals surface area contributed by atoms with Gasteiger partial charge in [-0.15, -0.1) is 0 Å². The zero-order valence-electron chi connectivity index (χ0n) is 13.7. The standard InChI is InChI=1S/C18H20N4O3/c23-16(19-13-6-2-1-3-7-13)10-22-11-17(24)20-14-8-4-5-9-15(14)21-18(25)12-22/h1-2,4-6,8-9H,3,7,10-12H2,(H,19,23)(H,20,24)(H,21,25). The van der Waals surface area contributed by atoms with Gasteiger partial charge in [-0.2, -0.15) is 0 Å². The second kappa shape index (κ2) is 7.76. The monoisotopic (exact) mass is 340 g/mol. The first-order valence-corrected chi connectivity index (χ1v) is 8.17. The molecule has 1 aliphatic heterocycles. The second-order valence-electron chi connectivity index (χ2n) is 5.99. The minimum atomic E-state index is -0.267. The number of rotatable bonds is 3. The summed E-state index contributed by atoms with van der Waals surface area (Å²) in [6.45, 7) is -0.0967. The molecule has 1 aromatic carbocycles. The number of nitrogens with one attached hydrogen (secondary N) is 3. The third-order valence-corrected chi connectivity index (χ3v) is 3.89. The predicted octanol–water partition coefficient (Wildman–Crippen LogP) is 1.23. The highest BCUT2D eigenvalue weighted by Gasteiger charge is 2.21. The van der Waals surface area contributed by atoms with Crippen molar-refractivity contribution in [3.8, 4) is 0 Å². The van der Waals surface area contributed by atoms with Crippen molar-refractivity contribution >= 4 is 29.1 Å². The first kappa shape index (κ1) is 16.9. The van der Waals surface area contributed by atoms with Gasteiger partial charge < -0.3 is 16.0 Å². The molecule has 0 radical (unpaired) electrons. The van der Waals surface area contributed by atoms with E-state index in [1.54, 1.807) is 24.3 Å². The van der Waals surface area contributed by atoms with E-state index in [4.69, 9.17) is 0 Å². The molecule has 7 nitrogen and oxygen atoms in total. The Morgan fingerprint density at radius 3 is 2.28 bits per heavy atom. The van der Waals surface area contributed by atoms with Crippen LogP contribution in [0.5, 0.6) is 0 Å². The summed E-state index contributed by atoms with van der Waals surface area (Å²) < 4.78 is 0. The van der Waals surface area contributed by atoms with Gasteiger partial charge in [0.1, 0.15) is 0 Å². The number of benzene rings is 1. The molecule has 3 amide bonds. The molecule has 25 heavy (non-hydrogen) atoms. The van der Waals surface area contributed by atoms with Crippen molar-refractivity contribution in [3.05, 3.63) is 48.2 Å². The van der Waals surface area contributed by atoms with E-state index in [0.29, 0.717) is 11.4 Å². The molecule has 1 heterocycles. The number of allylic oxidation sites excluding steroid dienone is 4. The fourth-order valence-electron chi connectivity index (χ4n) is 2.78. The molecule has 0 unspecified atom stereocenters. The van der Waals surface area contributed by atoms with Crippen LogP contribution in [0.1, 0.15) is 12.8 Å². The number of hydrogen-bond acceptors (Lipinski definition) is 4. The second-order valence-corrected chi connectivity index (χ2v) is 5.99. The van der Waals surface area contributed by atoms with E-state index in [1.165, 1.54) is 4.90 Å². The molecule has 0 saturated carbocycles. The van der Waals surface area contributed by atoms with Gasteiger partial charge in [0.05, 0.1) is 31.0 Å². The Morgan fingerprint density at radius 2 is 1.72 bits per heavy atom.